The van der Waals surface area contributed by atoms with Gasteiger partial charge in [-0.05, 0) is 18.3 Å². The fraction of sp³-hybridized carbons (Fsp3) is 0.583. The molecule has 17 heavy (non-hydrogen) atoms. The van der Waals surface area contributed by atoms with Crippen LogP contribution in [0.1, 0.15) is 6.42 Å². The summed E-state index contributed by atoms with van der Waals surface area (Å²) in [5.41, 5.74) is 0. The van der Waals surface area contributed by atoms with Crippen LogP contribution in [0.4, 0.5) is 0 Å². The summed E-state index contributed by atoms with van der Waals surface area (Å²) >= 11 is 0. The molecule has 2 aliphatic carbocycles. The van der Waals surface area contributed by atoms with Gasteiger partial charge in [0.2, 0.25) is 11.8 Å². The van der Waals surface area contributed by atoms with Crippen molar-refractivity contribution in [2.75, 3.05) is 13.7 Å². The zero-order chi connectivity index (χ0) is 12.2. The van der Waals surface area contributed by atoms with Crippen LogP contribution in [0, 0.1) is 23.7 Å². The van der Waals surface area contributed by atoms with E-state index in [1.54, 1.807) is 0 Å². The number of hydrogen-bond donors (Lipinski definition) is 0. The Kier molecular flexibility index (Phi) is 2.11. The first-order chi connectivity index (χ1) is 8.13. The molecule has 3 rings (SSSR count). The van der Waals surface area contributed by atoms with Gasteiger partial charge < -0.3 is 4.74 Å². The largest absolute Gasteiger partial charge is 0.468 e. The van der Waals surface area contributed by atoms with Crippen LogP contribution in [-0.4, -0.2) is 36.3 Å². The van der Waals surface area contributed by atoms with Gasteiger partial charge in [0.15, 0.2) is 0 Å². The van der Waals surface area contributed by atoms with Crippen LogP contribution in [0.2, 0.25) is 0 Å². The summed E-state index contributed by atoms with van der Waals surface area (Å²) < 4.78 is 4.50. The Morgan fingerprint density at radius 2 is 1.82 bits per heavy atom. The first-order valence-electron chi connectivity index (χ1n) is 5.74. The van der Waals surface area contributed by atoms with Gasteiger partial charge in [0, 0.05) is 0 Å². The third-order valence-corrected chi connectivity index (χ3v) is 4.08. The molecule has 0 spiro atoms. The van der Waals surface area contributed by atoms with E-state index in [9.17, 15) is 14.4 Å². The molecule has 1 saturated heterocycles. The number of hydrogen-bond acceptors (Lipinski definition) is 4. The lowest BCUT2D eigenvalue weighted by Crippen LogP contribution is -2.37. The number of nitrogens with zero attached hydrogens (tertiary/aromatic N) is 1. The molecule has 0 aromatic heterocycles. The Labute approximate surface area is 98.4 Å². The quantitative estimate of drug-likeness (QED) is 0.383. The number of imide groups is 1. The first kappa shape index (κ1) is 10.5. The summed E-state index contributed by atoms with van der Waals surface area (Å²) in [6.07, 6.45) is 4.95. The van der Waals surface area contributed by atoms with E-state index in [1.165, 1.54) is 7.11 Å². The first-order valence-corrected chi connectivity index (χ1v) is 5.74. The van der Waals surface area contributed by atoms with Crippen LogP contribution >= 0.6 is 0 Å². The van der Waals surface area contributed by atoms with Crippen molar-refractivity contribution in [3.05, 3.63) is 12.2 Å². The van der Waals surface area contributed by atoms with Crippen LogP contribution in [0.25, 0.3) is 0 Å². The second-order valence-electron chi connectivity index (χ2n) is 4.84. The lowest BCUT2D eigenvalue weighted by atomic mass is 9.85. The van der Waals surface area contributed by atoms with Crippen LogP contribution in [0.15, 0.2) is 12.2 Å². The maximum absolute atomic E-state index is 12.1. The summed E-state index contributed by atoms with van der Waals surface area (Å²) in [7, 11) is 1.25. The molecule has 90 valence electrons. The highest BCUT2D eigenvalue weighted by molar-refractivity contribution is 6.08. The lowest BCUT2D eigenvalue weighted by molar-refractivity contribution is -0.151. The standard InChI is InChI=1S/C12H13NO4/c1-17-8(14)5-13-11(15)9-6-2-3-7(4-6)10(9)12(13)16/h2-3,6-7,9-10H,4-5H2,1H3/t6-,7-,9-,10+/m0/s1. The summed E-state index contributed by atoms with van der Waals surface area (Å²) in [4.78, 5) is 36.4. The van der Waals surface area contributed by atoms with Gasteiger partial charge in [-0.25, -0.2) is 0 Å². The highest BCUT2D eigenvalue weighted by atomic mass is 16.5. The molecule has 0 aromatic rings. The van der Waals surface area contributed by atoms with Gasteiger partial charge in [-0.3, -0.25) is 19.3 Å². The second-order valence-corrected chi connectivity index (χ2v) is 4.84. The number of carbonyl (C=O) groups is 3. The third-order valence-electron chi connectivity index (χ3n) is 4.08. The molecule has 2 amide bonds. The van der Waals surface area contributed by atoms with Gasteiger partial charge in [-0.2, -0.15) is 0 Å². The van der Waals surface area contributed by atoms with Gasteiger partial charge >= 0.3 is 5.97 Å². The molecular formula is C12H13NO4. The van der Waals surface area contributed by atoms with Gasteiger partial charge in [-0.1, -0.05) is 12.2 Å². The molecule has 1 heterocycles. The fourth-order valence-electron chi connectivity index (χ4n) is 3.31. The zero-order valence-corrected chi connectivity index (χ0v) is 9.46. The highest BCUT2D eigenvalue weighted by Crippen LogP contribution is 2.52. The molecule has 5 heteroatoms. The smallest absolute Gasteiger partial charge is 0.325 e. The second kappa shape index (κ2) is 3.42. The Morgan fingerprint density at radius 3 is 2.29 bits per heavy atom. The van der Waals surface area contributed by atoms with E-state index < -0.39 is 5.97 Å². The van der Waals surface area contributed by atoms with Gasteiger partial charge in [0.25, 0.3) is 0 Å². The number of fused-ring (bicyclic) bond motifs is 5. The normalized spacial score (nSPS) is 37.8. The van der Waals surface area contributed by atoms with E-state index in [1.807, 2.05) is 12.2 Å². The van der Waals surface area contributed by atoms with Crippen LogP contribution in [0.5, 0.6) is 0 Å². The Morgan fingerprint density at radius 1 is 1.29 bits per heavy atom. The van der Waals surface area contributed by atoms with Crippen molar-refractivity contribution in [2.45, 2.75) is 6.42 Å². The Hall–Kier alpha value is -1.65. The Bertz CT molecular complexity index is 412. The van der Waals surface area contributed by atoms with Crippen molar-refractivity contribution < 1.29 is 19.1 Å². The predicted molar refractivity (Wildman–Crippen MR) is 56.5 cm³/mol. The average molecular weight is 235 g/mol. The molecular weight excluding hydrogens is 222 g/mol. The van der Waals surface area contributed by atoms with E-state index >= 15 is 0 Å². The molecule has 1 aliphatic heterocycles. The van der Waals surface area contributed by atoms with E-state index in [2.05, 4.69) is 4.74 Å². The molecule has 0 N–H and O–H groups in total. The average Bonchev–Trinajstić information content (AvgIpc) is 2.98. The van der Waals surface area contributed by atoms with Gasteiger partial charge in [0.05, 0.1) is 18.9 Å². The number of methoxy groups -OCH3 is 1. The van der Waals surface area contributed by atoms with Crippen molar-refractivity contribution in [1.82, 2.24) is 4.90 Å². The molecule has 1 saturated carbocycles. The number of ether oxygens (including phenoxy) is 1. The Balaban J connectivity index is 1.85. The van der Waals surface area contributed by atoms with Crippen molar-refractivity contribution >= 4 is 17.8 Å². The van der Waals surface area contributed by atoms with Crippen molar-refractivity contribution in [3.63, 3.8) is 0 Å². The molecule has 4 atom stereocenters. The molecule has 5 nitrogen and oxygen atoms in total. The van der Waals surface area contributed by atoms with E-state index in [4.69, 9.17) is 0 Å². The number of likely N-dealkylation sites (tertiary alicyclic amines) is 1. The van der Waals surface area contributed by atoms with Crippen LogP contribution in [0.3, 0.4) is 0 Å². The maximum Gasteiger partial charge on any atom is 0.325 e. The minimum absolute atomic E-state index is 0.184. The number of esters is 1. The van der Waals surface area contributed by atoms with Gasteiger partial charge in [-0.15, -0.1) is 0 Å². The summed E-state index contributed by atoms with van der Waals surface area (Å²) in [6.45, 7) is -0.249. The maximum atomic E-state index is 12.1. The van der Waals surface area contributed by atoms with E-state index in [0.717, 1.165) is 11.3 Å². The fourth-order valence-corrected chi connectivity index (χ4v) is 3.31. The molecule has 0 radical (unpaired) electrons. The minimum Gasteiger partial charge on any atom is -0.468 e. The molecule has 2 fully saturated rings. The van der Waals surface area contributed by atoms with Crippen LogP contribution < -0.4 is 0 Å². The molecule has 0 aromatic carbocycles. The molecule has 0 unspecified atom stereocenters. The van der Waals surface area contributed by atoms with Gasteiger partial charge in [0.1, 0.15) is 6.54 Å². The predicted octanol–water partition coefficient (Wildman–Crippen LogP) is -0.0335. The van der Waals surface area contributed by atoms with E-state index in [0.29, 0.717) is 0 Å². The number of rotatable bonds is 2. The SMILES string of the molecule is COC(=O)CN1C(=O)[C@@H]2[C@H](C1=O)[C@H]1C=C[C@H]2C1. The highest BCUT2D eigenvalue weighted by Gasteiger charge is 2.59. The molecule has 3 aliphatic rings. The van der Waals surface area contributed by atoms with Crippen LogP contribution in [-0.2, 0) is 19.1 Å². The minimum atomic E-state index is -0.549. The van der Waals surface area contributed by atoms with Crippen molar-refractivity contribution in [1.29, 1.82) is 0 Å². The van der Waals surface area contributed by atoms with E-state index in [-0.39, 0.29) is 42.0 Å². The summed E-state index contributed by atoms with van der Waals surface area (Å²) in [5.74, 6) is -1.06. The summed E-state index contributed by atoms with van der Waals surface area (Å²) in [5, 5.41) is 0. The number of amides is 2. The topological polar surface area (TPSA) is 63.7 Å². The number of carbonyl (C=O) groups excluding carboxylic acids is 3. The van der Waals surface area contributed by atoms with Crippen molar-refractivity contribution in [3.8, 4) is 0 Å². The third kappa shape index (κ3) is 1.28. The van der Waals surface area contributed by atoms with Crippen molar-refractivity contribution in [2.24, 2.45) is 23.7 Å². The summed E-state index contributed by atoms with van der Waals surface area (Å²) in [6, 6.07) is 0. The molecule has 2 bridgehead atoms. The zero-order valence-electron chi connectivity index (χ0n) is 9.46. The number of allylic oxidation sites excluding steroid dienone is 2. The monoisotopic (exact) mass is 235 g/mol. The lowest BCUT2D eigenvalue weighted by Gasteiger charge is -2.15.